The van der Waals surface area contributed by atoms with Crippen molar-refractivity contribution in [2.45, 2.75) is 25.1 Å². The molecule has 2 heterocycles. The summed E-state index contributed by atoms with van der Waals surface area (Å²) in [6.45, 7) is 3.95. The molecule has 0 bridgehead atoms. The van der Waals surface area contributed by atoms with Crippen LogP contribution in [0.3, 0.4) is 0 Å². The average Bonchev–Trinajstić information content (AvgIpc) is 3.05. The number of benzene rings is 1. The van der Waals surface area contributed by atoms with Gasteiger partial charge in [-0.1, -0.05) is 32.0 Å². The summed E-state index contributed by atoms with van der Waals surface area (Å²) in [7, 11) is 1.26. The fraction of sp³-hybridized carbons (Fsp3) is 0.412. The Morgan fingerprint density at radius 3 is 2.46 bits per heavy atom. The fourth-order valence-electron chi connectivity index (χ4n) is 3.06. The van der Waals surface area contributed by atoms with Gasteiger partial charge in [-0.25, -0.2) is 9.69 Å². The van der Waals surface area contributed by atoms with Crippen molar-refractivity contribution in [3.63, 3.8) is 0 Å². The Kier molecular flexibility index (Phi) is 4.45. The molecule has 7 heteroatoms. The molecule has 2 amide bonds. The number of hydrogen-bond acceptors (Lipinski definition) is 6. The zero-order valence-corrected chi connectivity index (χ0v) is 14.4. The summed E-state index contributed by atoms with van der Waals surface area (Å²) in [5.41, 5.74) is 0.513. The van der Waals surface area contributed by atoms with Gasteiger partial charge in [-0.05, 0) is 12.1 Å². The summed E-state index contributed by atoms with van der Waals surface area (Å²) in [5, 5.41) is 0.733. The minimum atomic E-state index is -0.952. The van der Waals surface area contributed by atoms with E-state index in [1.165, 1.54) is 23.8 Å². The molecule has 0 spiro atoms. The monoisotopic (exact) mass is 346 g/mol. The molecule has 1 fully saturated rings. The number of methoxy groups -OCH3 is 1. The van der Waals surface area contributed by atoms with Gasteiger partial charge < -0.3 is 4.74 Å². The van der Waals surface area contributed by atoms with Crippen LogP contribution in [0.4, 0.5) is 5.69 Å². The molecule has 0 aliphatic carbocycles. The lowest BCUT2D eigenvalue weighted by Crippen LogP contribution is -2.36. The highest BCUT2D eigenvalue weighted by Crippen LogP contribution is 2.42. The SMILES string of the molecule is COC(=O)[C@H]1N=C(SC(C)C)[C@H]2C(=O)N(c3ccccc3)C(=O)[C@H]21. The summed E-state index contributed by atoms with van der Waals surface area (Å²) < 4.78 is 4.78. The molecule has 1 aromatic rings. The van der Waals surface area contributed by atoms with Crippen molar-refractivity contribution in [2.24, 2.45) is 16.8 Å². The molecule has 0 aromatic heterocycles. The van der Waals surface area contributed by atoms with Crippen LogP contribution in [0.25, 0.3) is 0 Å². The highest BCUT2D eigenvalue weighted by Gasteiger charge is 2.59. The van der Waals surface area contributed by atoms with Crippen molar-refractivity contribution < 1.29 is 19.1 Å². The molecule has 2 aliphatic heterocycles. The molecule has 3 rings (SSSR count). The highest BCUT2D eigenvalue weighted by atomic mass is 32.2. The summed E-state index contributed by atoms with van der Waals surface area (Å²) in [6, 6.07) is 7.80. The van der Waals surface area contributed by atoms with Gasteiger partial charge in [0.2, 0.25) is 11.8 Å². The average molecular weight is 346 g/mol. The second kappa shape index (κ2) is 6.39. The third kappa shape index (κ3) is 2.62. The lowest BCUT2D eigenvalue weighted by Gasteiger charge is -2.17. The first-order chi connectivity index (χ1) is 11.5. The zero-order valence-electron chi connectivity index (χ0n) is 13.6. The number of hydrogen-bond donors (Lipinski definition) is 0. The number of para-hydroxylation sites is 1. The van der Waals surface area contributed by atoms with Gasteiger partial charge in [0.25, 0.3) is 0 Å². The molecule has 2 aliphatic rings. The molecular formula is C17H18N2O4S. The van der Waals surface area contributed by atoms with Crippen molar-refractivity contribution in [1.29, 1.82) is 0 Å². The van der Waals surface area contributed by atoms with Gasteiger partial charge in [0, 0.05) is 5.25 Å². The predicted molar refractivity (Wildman–Crippen MR) is 91.9 cm³/mol. The van der Waals surface area contributed by atoms with Gasteiger partial charge in [0.05, 0.1) is 23.8 Å². The van der Waals surface area contributed by atoms with E-state index in [-0.39, 0.29) is 11.2 Å². The van der Waals surface area contributed by atoms with E-state index in [9.17, 15) is 14.4 Å². The van der Waals surface area contributed by atoms with Gasteiger partial charge in [-0.15, -0.1) is 11.8 Å². The Morgan fingerprint density at radius 2 is 1.88 bits per heavy atom. The van der Waals surface area contributed by atoms with Crippen LogP contribution >= 0.6 is 11.8 Å². The van der Waals surface area contributed by atoms with Gasteiger partial charge in [-0.3, -0.25) is 14.6 Å². The van der Waals surface area contributed by atoms with Crippen molar-refractivity contribution in [3.05, 3.63) is 30.3 Å². The number of anilines is 1. The van der Waals surface area contributed by atoms with Crippen LogP contribution in [-0.4, -0.2) is 41.2 Å². The number of amides is 2. The molecule has 6 nitrogen and oxygen atoms in total. The standard InChI is InChI=1S/C17H18N2O4S/c1-9(2)24-14-12-11(13(18-14)17(22)23-3)15(20)19(16(12)21)10-7-5-4-6-8-10/h4-9,11-13H,1-3H3/t11-,12+,13+/m1/s1. The third-order valence-electron chi connectivity index (χ3n) is 4.04. The Balaban J connectivity index is 2.01. The number of ether oxygens (including phenoxy) is 1. The van der Waals surface area contributed by atoms with Crippen LogP contribution in [-0.2, 0) is 19.1 Å². The molecule has 24 heavy (non-hydrogen) atoms. The molecule has 3 atom stereocenters. The van der Waals surface area contributed by atoms with Crippen LogP contribution < -0.4 is 4.90 Å². The first-order valence-electron chi connectivity index (χ1n) is 7.70. The molecule has 1 aromatic carbocycles. The number of rotatable bonds is 3. The van der Waals surface area contributed by atoms with E-state index in [0.717, 1.165) is 0 Å². The topological polar surface area (TPSA) is 76.0 Å². The highest BCUT2D eigenvalue weighted by molar-refractivity contribution is 8.14. The Hall–Kier alpha value is -2.15. The molecule has 1 saturated heterocycles. The predicted octanol–water partition coefficient (Wildman–Crippen LogP) is 1.89. The fourth-order valence-corrected chi connectivity index (χ4v) is 4.12. The first kappa shape index (κ1) is 16.7. The van der Waals surface area contributed by atoms with E-state index in [2.05, 4.69) is 4.99 Å². The van der Waals surface area contributed by atoms with Crippen LogP contribution in [0.5, 0.6) is 0 Å². The van der Waals surface area contributed by atoms with Crippen LogP contribution in [0.1, 0.15) is 13.8 Å². The van der Waals surface area contributed by atoms with Gasteiger partial charge in [-0.2, -0.15) is 0 Å². The summed E-state index contributed by atoms with van der Waals surface area (Å²) >= 11 is 1.42. The van der Waals surface area contributed by atoms with Gasteiger partial charge >= 0.3 is 5.97 Å². The Labute approximate surface area is 144 Å². The lowest BCUT2D eigenvalue weighted by molar-refractivity contribution is -0.145. The van der Waals surface area contributed by atoms with Crippen LogP contribution in [0, 0.1) is 11.8 Å². The number of thioether (sulfide) groups is 1. The number of carbonyl (C=O) groups is 3. The van der Waals surface area contributed by atoms with Crippen molar-refractivity contribution >= 4 is 40.3 Å². The maximum atomic E-state index is 12.9. The van der Waals surface area contributed by atoms with E-state index in [4.69, 9.17) is 4.74 Å². The molecule has 0 N–H and O–H groups in total. The normalized spacial score (nSPS) is 25.9. The number of esters is 1. The third-order valence-corrected chi connectivity index (χ3v) is 5.11. The van der Waals surface area contributed by atoms with Crippen molar-refractivity contribution in [1.82, 2.24) is 0 Å². The largest absolute Gasteiger partial charge is 0.467 e. The van der Waals surface area contributed by atoms with Gasteiger partial charge in [0.1, 0.15) is 5.92 Å². The second-order valence-electron chi connectivity index (χ2n) is 5.95. The van der Waals surface area contributed by atoms with Gasteiger partial charge in [0.15, 0.2) is 6.04 Å². The molecule has 0 saturated carbocycles. The minimum absolute atomic E-state index is 0.189. The zero-order chi connectivity index (χ0) is 17.4. The molecule has 0 unspecified atom stereocenters. The van der Waals surface area contributed by atoms with E-state index in [1.807, 2.05) is 19.9 Å². The van der Waals surface area contributed by atoms with Crippen molar-refractivity contribution in [3.8, 4) is 0 Å². The second-order valence-corrected chi connectivity index (χ2v) is 7.55. The van der Waals surface area contributed by atoms with E-state index in [1.54, 1.807) is 24.3 Å². The summed E-state index contributed by atoms with van der Waals surface area (Å²) in [4.78, 5) is 43.4. The number of fused-ring (bicyclic) bond motifs is 1. The molecular weight excluding hydrogens is 328 g/mol. The Bertz CT molecular complexity index is 717. The maximum Gasteiger partial charge on any atom is 0.331 e. The number of carbonyl (C=O) groups excluding carboxylic acids is 3. The van der Waals surface area contributed by atoms with Crippen LogP contribution in [0.15, 0.2) is 35.3 Å². The number of nitrogens with zero attached hydrogens (tertiary/aromatic N) is 2. The lowest BCUT2D eigenvalue weighted by atomic mass is 9.92. The van der Waals surface area contributed by atoms with Crippen LogP contribution in [0.2, 0.25) is 0 Å². The number of aliphatic imine (C=N–C) groups is 1. The smallest absolute Gasteiger partial charge is 0.331 e. The summed E-state index contributed by atoms with van der Waals surface area (Å²) in [6.07, 6.45) is 0. The molecule has 126 valence electrons. The quantitative estimate of drug-likeness (QED) is 0.617. The van der Waals surface area contributed by atoms with Crippen molar-refractivity contribution in [2.75, 3.05) is 12.0 Å². The first-order valence-corrected chi connectivity index (χ1v) is 8.58. The minimum Gasteiger partial charge on any atom is -0.467 e. The van der Waals surface area contributed by atoms with E-state index < -0.39 is 29.8 Å². The van der Waals surface area contributed by atoms with E-state index >= 15 is 0 Å². The summed E-state index contributed by atoms with van der Waals surface area (Å²) in [5.74, 6) is -2.81. The maximum absolute atomic E-state index is 12.9. The molecule has 0 radical (unpaired) electrons. The van der Waals surface area contributed by atoms with E-state index in [0.29, 0.717) is 10.7 Å². The number of imide groups is 1. The Morgan fingerprint density at radius 1 is 1.21 bits per heavy atom.